The van der Waals surface area contributed by atoms with Crippen LogP contribution in [0.1, 0.15) is 25.8 Å². The maximum absolute atomic E-state index is 12.0. The number of ether oxygens (including phenoxy) is 1. The maximum Gasteiger partial charge on any atom is 0.258 e. The Balaban J connectivity index is 2.47. The van der Waals surface area contributed by atoms with Crippen molar-refractivity contribution in [3.8, 4) is 28.8 Å². The molecule has 0 amide bonds. The minimum Gasteiger partial charge on any atom is -0.504 e. The summed E-state index contributed by atoms with van der Waals surface area (Å²) in [6, 6.07) is 4.61. The lowest BCUT2D eigenvalue weighted by Crippen LogP contribution is -2.15. The van der Waals surface area contributed by atoms with E-state index in [2.05, 4.69) is 9.97 Å². The van der Waals surface area contributed by atoms with E-state index in [-0.39, 0.29) is 28.6 Å². The van der Waals surface area contributed by atoms with Crippen LogP contribution in [0.5, 0.6) is 17.4 Å². The summed E-state index contributed by atoms with van der Waals surface area (Å²) in [6.45, 7) is 4.13. The molecule has 0 saturated heterocycles. The molecule has 2 rings (SSSR count). The number of nitrogens with one attached hydrogen (secondary N) is 1. The third-order valence-corrected chi connectivity index (χ3v) is 3.03. The summed E-state index contributed by atoms with van der Waals surface area (Å²) in [5.74, 6) is 0.282. The predicted octanol–water partition coefficient (Wildman–Crippen LogP) is 2.20. The van der Waals surface area contributed by atoms with Gasteiger partial charge in [-0.15, -0.1) is 0 Å². The molecule has 0 spiro atoms. The summed E-state index contributed by atoms with van der Waals surface area (Å²) in [5.41, 5.74) is 0.474. The van der Waals surface area contributed by atoms with E-state index in [1.807, 2.05) is 6.92 Å². The number of aromatic nitrogens is 2. The number of rotatable bonds is 5. The van der Waals surface area contributed by atoms with Crippen molar-refractivity contribution in [2.24, 2.45) is 0 Å². The zero-order chi connectivity index (χ0) is 15.4. The average molecular weight is 290 g/mol. The van der Waals surface area contributed by atoms with Crippen LogP contribution in [0.3, 0.4) is 0 Å². The van der Waals surface area contributed by atoms with Crippen LogP contribution in [0.15, 0.2) is 23.0 Å². The first-order valence-electron chi connectivity index (χ1n) is 6.85. The molecule has 0 unspecified atom stereocenters. The molecule has 112 valence electrons. The van der Waals surface area contributed by atoms with Crippen molar-refractivity contribution in [3.05, 3.63) is 34.1 Å². The van der Waals surface area contributed by atoms with Crippen LogP contribution in [-0.4, -0.2) is 26.8 Å². The van der Waals surface area contributed by atoms with Gasteiger partial charge in [-0.25, -0.2) is 0 Å². The summed E-state index contributed by atoms with van der Waals surface area (Å²) in [5, 5.41) is 19.5. The molecule has 3 N–H and O–H groups in total. The van der Waals surface area contributed by atoms with Gasteiger partial charge in [0.05, 0.1) is 12.2 Å². The fraction of sp³-hybridized carbons (Fsp3) is 0.333. The highest BCUT2D eigenvalue weighted by Crippen LogP contribution is 2.30. The Bertz CT molecular complexity index is 695. The van der Waals surface area contributed by atoms with Gasteiger partial charge in [0.25, 0.3) is 5.56 Å². The number of benzene rings is 1. The smallest absolute Gasteiger partial charge is 0.258 e. The molecular formula is C15H18N2O4. The second-order valence-corrected chi connectivity index (χ2v) is 4.58. The normalized spacial score (nSPS) is 10.6. The van der Waals surface area contributed by atoms with Crippen LogP contribution in [0, 0.1) is 0 Å². The third kappa shape index (κ3) is 3.16. The van der Waals surface area contributed by atoms with Crippen LogP contribution >= 0.6 is 0 Å². The highest BCUT2D eigenvalue weighted by Gasteiger charge is 2.12. The monoisotopic (exact) mass is 290 g/mol. The molecule has 6 nitrogen and oxygen atoms in total. The van der Waals surface area contributed by atoms with E-state index in [4.69, 9.17) is 4.74 Å². The van der Waals surface area contributed by atoms with Crippen molar-refractivity contribution in [3.63, 3.8) is 0 Å². The number of hydrogen-bond donors (Lipinski definition) is 3. The van der Waals surface area contributed by atoms with Gasteiger partial charge in [-0.05, 0) is 31.5 Å². The first-order valence-corrected chi connectivity index (χ1v) is 6.85. The molecule has 1 aromatic carbocycles. The number of aromatic hydroxyl groups is 2. The van der Waals surface area contributed by atoms with E-state index < -0.39 is 0 Å². The van der Waals surface area contributed by atoms with Gasteiger partial charge < -0.3 is 19.9 Å². The van der Waals surface area contributed by atoms with E-state index in [1.165, 1.54) is 6.07 Å². The van der Waals surface area contributed by atoms with Gasteiger partial charge in [0.15, 0.2) is 11.5 Å². The van der Waals surface area contributed by atoms with Crippen LogP contribution in [0.4, 0.5) is 0 Å². The van der Waals surface area contributed by atoms with Crippen molar-refractivity contribution < 1.29 is 14.9 Å². The number of aromatic amines is 1. The zero-order valence-corrected chi connectivity index (χ0v) is 12.0. The largest absolute Gasteiger partial charge is 0.504 e. The Morgan fingerprint density at radius 3 is 2.67 bits per heavy atom. The van der Waals surface area contributed by atoms with E-state index in [0.717, 1.165) is 6.42 Å². The van der Waals surface area contributed by atoms with E-state index >= 15 is 0 Å². The van der Waals surface area contributed by atoms with Gasteiger partial charge >= 0.3 is 0 Å². The standard InChI is InChI=1S/C15H18N2O4/c1-3-5-10-14(19)16-13(17-15(10)20)9-6-7-11(18)12(8-9)21-4-2/h6-8,18H,3-5H2,1-2H3,(H2,16,17,19,20). The van der Waals surface area contributed by atoms with E-state index in [9.17, 15) is 15.0 Å². The Morgan fingerprint density at radius 1 is 1.29 bits per heavy atom. The zero-order valence-electron chi connectivity index (χ0n) is 12.0. The molecule has 0 aliphatic rings. The van der Waals surface area contributed by atoms with Crippen molar-refractivity contribution >= 4 is 0 Å². The Kier molecular flexibility index (Phi) is 4.47. The molecule has 6 heteroatoms. The molecule has 0 saturated carbocycles. The number of H-pyrrole nitrogens is 1. The molecule has 1 heterocycles. The summed E-state index contributed by atoms with van der Waals surface area (Å²) in [7, 11) is 0. The maximum atomic E-state index is 12.0. The lowest BCUT2D eigenvalue weighted by Gasteiger charge is -2.09. The van der Waals surface area contributed by atoms with Gasteiger partial charge in [-0.1, -0.05) is 13.3 Å². The molecule has 0 bridgehead atoms. The number of phenols is 1. The predicted molar refractivity (Wildman–Crippen MR) is 78.8 cm³/mol. The quantitative estimate of drug-likeness (QED) is 0.784. The van der Waals surface area contributed by atoms with Crippen molar-refractivity contribution in [2.45, 2.75) is 26.7 Å². The van der Waals surface area contributed by atoms with Gasteiger partial charge in [0.1, 0.15) is 5.82 Å². The Labute approximate surface area is 122 Å². The highest BCUT2D eigenvalue weighted by molar-refractivity contribution is 5.61. The lowest BCUT2D eigenvalue weighted by molar-refractivity contribution is 0.318. The molecule has 0 fully saturated rings. The van der Waals surface area contributed by atoms with E-state index in [1.54, 1.807) is 19.1 Å². The molecule has 2 aromatic rings. The summed E-state index contributed by atoms with van der Waals surface area (Å²) in [6.07, 6.45) is 1.21. The number of phenolic OH excluding ortho intramolecular Hbond substituents is 1. The van der Waals surface area contributed by atoms with Gasteiger partial charge in [-0.2, -0.15) is 4.98 Å². The van der Waals surface area contributed by atoms with Gasteiger partial charge in [-0.3, -0.25) is 4.79 Å². The molecule has 0 atom stereocenters. The van der Waals surface area contributed by atoms with Crippen molar-refractivity contribution in [2.75, 3.05) is 6.61 Å². The number of hydrogen-bond acceptors (Lipinski definition) is 5. The minimum atomic E-state index is -0.356. The first-order chi connectivity index (χ1) is 10.1. The Hall–Kier alpha value is -2.50. The SMILES string of the molecule is CCCc1c(O)nc(-c2ccc(O)c(OCC)c2)[nH]c1=O. The lowest BCUT2D eigenvalue weighted by atomic mass is 10.1. The molecule has 1 aromatic heterocycles. The first kappa shape index (κ1) is 14.9. The van der Waals surface area contributed by atoms with Crippen LogP contribution < -0.4 is 10.3 Å². The van der Waals surface area contributed by atoms with Gasteiger partial charge in [0.2, 0.25) is 5.88 Å². The minimum absolute atomic E-state index is 0.00905. The Morgan fingerprint density at radius 2 is 2.05 bits per heavy atom. The fourth-order valence-electron chi connectivity index (χ4n) is 2.03. The van der Waals surface area contributed by atoms with Crippen LogP contribution in [0.25, 0.3) is 11.4 Å². The second kappa shape index (κ2) is 6.30. The third-order valence-electron chi connectivity index (χ3n) is 3.03. The average Bonchev–Trinajstić information content (AvgIpc) is 2.45. The molecule has 21 heavy (non-hydrogen) atoms. The van der Waals surface area contributed by atoms with Gasteiger partial charge in [0, 0.05) is 5.56 Å². The molecule has 0 radical (unpaired) electrons. The van der Waals surface area contributed by atoms with Crippen LogP contribution in [-0.2, 0) is 6.42 Å². The molecular weight excluding hydrogens is 272 g/mol. The van der Waals surface area contributed by atoms with Crippen molar-refractivity contribution in [1.82, 2.24) is 9.97 Å². The summed E-state index contributed by atoms with van der Waals surface area (Å²) in [4.78, 5) is 18.6. The van der Waals surface area contributed by atoms with Crippen molar-refractivity contribution in [1.29, 1.82) is 0 Å². The fourth-order valence-corrected chi connectivity index (χ4v) is 2.03. The topological polar surface area (TPSA) is 95.4 Å². The van der Waals surface area contributed by atoms with Crippen LogP contribution in [0.2, 0.25) is 0 Å². The van der Waals surface area contributed by atoms with E-state index in [0.29, 0.717) is 24.3 Å². The molecule has 0 aliphatic carbocycles. The summed E-state index contributed by atoms with van der Waals surface area (Å²) >= 11 is 0. The second-order valence-electron chi connectivity index (χ2n) is 4.58. The summed E-state index contributed by atoms with van der Waals surface area (Å²) < 4.78 is 5.29. The number of nitrogens with zero attached hydrogens (tertiary/aromatic N) is 1. The highest BCUT2D eigenvalue weighted by atomic mass is 16.5. The molecule has 0 aliphatic heterocycles.